The van der Waals surface area contributed by atoms with Gasteiger partial charge in [0.05, 0.1) is 78.3 Å². The van der Waals surface area contributed by atoms with Crippen LogP contribution in [0.25, 0.3) is 0 Å². The van der Waals surface area contributed by atoms with E-state index < -0.39 is 5.97 Å². The number of hydrogen-bond donors (Lipinski definition) is 9. The monoisotopic (exact) mass is 957 g/mol. The molecule has 66 heavy (non-hydrogen) atoms. The first-order chi connectivity index (χ1) is 31.0. The first kappa shape index (κ1) is 70.0. The summed E-state index contributed by atoms with van der Waals surface area (Å²) in [5, 5.41) is 17.1. The van der Waals surface area contributed by atoms with Crippen molar-refractivity contribution < 1.29 is 58.2 Å². The van der Waals surface area contributed by atoms with Crippen molar-refractivity contribution in [1.82, 2.24) is 16.0 Å². The standard InChI is InChI=1S/C23H48N4O5.C12H24N2O3.C11H26N2O3.H2O/c1-19(25)16-30-14-15-32-21(3)18-31-17-20(2)27-23(29)11-7-6-10-22(28)26-13-9-5-4-8-12-24;13-9-5-1-2-6-10-14-11(15)7-3-4-8-12(16)17;1-9(12)6-14-4-5-16-11(3)8-15-7-10(2)13;/h19-21H,4-18,24-25H2,1-3H3,(H,26,28)(H,27,29);1-10,13H2,(H,14,15)(H,16,17);9-11H,4-8,12-13H2,1-3H3;1H2. The minimum atomic E-state index is -0.801. The Morgan fingerprint density at radius 2 is 0.818 bits per heavy atom. The smallest absolute Gasteiger partial charge is 0.303 e. The number of rotatable bonds is 43. The minimum Gasteiger partial charge on any atom is -0.481 e. The van der Waals surface area contributed by atoms with Crippen molar-refractivity contribution in [2.24, 2.45) is 28.7 Å². The first-order valence-corrected chi connectivity index (χ1v) is 24.3. The summed E-state index contributed by atoms with van der Waals surface area (Å²) in [6.07, 6.45) is 12.6. The zero-order chi connectivity index (χ0) is 49.4. The molecule has 6 unspecified atom stereocenters. The summed E-state index contributed by atoms with van der Waals surface area (Å²) in [5.74, 6) is -0.737. The molecule has 0 aliphatic rings. The van der Waals surface area contributed by atoms with E-state index in [1.807, 2.05) is 41.5 Å². The molecule has 3 amide bonds. The van der Waals surface area contributed by atoms with Crippen LogP contribution in [0.2, 0.25) is 0 Å². The number of hydrogen-bond acceptors (Lipinski definition) is 15. The molecule has 20 nitrogen and oxygen atoms in total. The van der Waals surface area contributed by atoms with Gasteiger partial charge in [0.15, 0.2) is 0 Å². The molecule has 0 bridgehead atoms. The Morgan fingerprint density at radius 1 is 0.455 bits per heavy atom. The molecule has 20 heteroatoms. The Morgan fingerprint density at radius 3 is 1.21 bits per heavy atom. The zero-order valence-electron chi connectivity index (χ0n) is 42.1. The molecular formula is C46H100N8O12. The summed E-state index contributed by atoms with van der Waals surface area (Å²) in [6, 6.07) is 0.0960. The number of ether oxygens (including phenoxy) is 6. The molecule has 0 aromatic heterocycles. The van der Waals surface area contributed by atoms with Gasteiger partial charge in [-0.3, -0.25) is 19.2 Å². The third-order valence-electron chi connectivity index (χ3n) is 8.89. The van der Waals surface area contributed by atoms with Crippen molar-refractivity contribution in [1.29, 1.82) is 0 Å². The largest absolute Gasteiger partial charge is 0.481 e. The van der Waals surface area contributed by atoms with E-state index >= 15 is 0 Å². The minimum absolute atomic E-state index is 0. The second kappa shape index (κ2) is 53.4. The number of nitrogens with one attached hydrogen (secondary N) is 3. The van der Waals surface area contributed by atoms with Gasteiger partial charge in [0.1, 0.15) is 0 Å². The van der Waals surface area contributed by atoms with Crippen molar-refractivity contribution in [2.45, 2.75) is 181 Å². The van der Waals surface area contributed by atoms with Crippen LogP contribution in [0.4, 0.5) is 0 Å². The van der Waals surface area contributed by atoms with E-state index in [2.05, 4.69) is 16.0 Å². The van der Waals surface area contributed by atoms with Crippen LogP contribution in [-0.2, 0) is 47.6 Å². The summed E-state index contributed by atoms with van der Waals surface area (Å²) in [7, 11) is 0. The van der Waals surface area contributed by atoms with Crippen molar-refractivity contribution in [3.05, 3.63) is 0 Å². The van der Waals surface area contributed by atoms with Gasteiger partial charge in [0, 0.05) is 62.9 Å². The van der Waals surface area contributed by atoms with Gasteiger partial charge in [-0.25, -0.2) is 0 Å². The summed E-state index contributed by atoms with van der Waals surface area (Å²) in [6.45, 7) is 19.6. The molecule has 0 aromatic carbocycles. The second-order valence-corrected chi connectivity index (χ2v) is 16.9. The van der Waals surface area contributed by atoms with Crippen LogP contribution in [0.15, 0.2) is 0 Å². The van der Waals surface area contributed by atoms with Crippen LogP contribution in [0.5, 0.6) is 0 Å². The number of carbonyl (C=O) groups excluding carboxylic acids is 3. The molecule has 0 fully saturated rings. The first-order valence-electron chi connectivity index (χ1n) is 24.3. The van der Waals surface area contributed by atoms with Crippen LogP contribution in [0, 0.1) is 0 Å². The lowest BCUT2D eigenvalue weighted by Crippen LogP contribution is -2.36. The zero-order valence-corrected chi connectivity index (χ0v) is 42.1. The van der Waals surface area contributed by atoms with Crippen molar-refractivity contribution >= 4 is 23.7 Å². The number of amides is 3. The Hall–Kier alpha value is -2.60. The Bertz CT molecular complexity index is 1080. The molecule has 0 aliphatic heterocycles. The highest BCUT2D eigenvalue weighted by molar-refractivity contribution is 5.77. The van der Waals surface area contributed by atoms with E-state index in [1.165, 1.54) is 0 Å². The highest BCUT2D eigenvalue weighted by Gasteiger charge is 2.10. The summed E-state index contributed by atoms with van der Waals surface area (Å²) >= 11 is 0. The fourth-order valence-corrected chi connectivity index (χ4v) is 5.48. The fourth-order valence-electron chi connectivity index (χ4n) is 5.48. The lowest BCUT2D eigenvalue weighted by molar-refractivity contribution is -0.137. The summed E-state index contributed by atoms with van der Waals surface area (Å²) < 4.78 is 32.7. The van der Waals surface area contributed by atoms with Gasteiger partial charge in [-0.2, -0.15) is 0 Å². The number of carboxylic acid groups (broad SMARTS) is 1. The Balaban J connectivity index is -0.000000477. The predicted octanol–water partition coefficient (Wildman–Crippen LogP) is 2.03. The summed E-state index contributed by atoms with van der Waals surface area (Å²) in [5.41, 5.74) is 27.5. The van der Waals surface area contributed by atoms with Crippen LogP contribution in [-0.4, -0.2) is 163 Å². The van der Waals surface area contributed by atoms with E-state index in [1.54, 1.807) is 0 Å². The molecule has 0 heterocycles. The SMILES string of the molecule is CC(N)COCCOC(C)COCC(C)N.CC(N)COCCOC(C)COCC(C)NC(=O)CCCCC(=O)NCCCCCCN.NCCCCCCNC(=O)CCCCC(=O)O.O. The fraction of sp³-hybridized carbons (Fsp3) is 0.913. The van der Waals surface area contributed by atoms with Crippen molar-refractivity contribution in [3.63, 3.8) is 0 Å². The molecule has 0 rings (SSSR count). The topological polar surface area (TPSA) is 342 Å². The Labute approximate surface area is 398 Å². The van der Waals surface area contributed by atoms with Gasteiger partial charge in [-0.15, -0.1) is 0 Å². The van der Waals surface area contributed by atoms with Gasteiger partial charge in [0.2, 0.25) is 17.7 Å². The van der Waals surface area contributed by atoms with Crippen molar-refractivity contribution in [3.8, 4) is 0 Å². The molecule has 0 radical (unpaired) electrons. The third kappa shape index (κ3) is 63.5. The molecule has 16 N–H and O–H groups in total. The molecule has 0 spiro atoms. The molecule has 0 aromatic rings. The van der Waals surface area contributed by atoms with Gasteiger partial charge in [-0.1, -0.05) is 25.7 Å². The predicted molar refractivity (Wildman–Crippen MR) is 262 cm³/mol. The molecule has 396 valence electrons. The van der Waals surface area contributed by atoms with Gasteiger partial charge < -0.3 is 83.6 Å². The van der Waals surface area contributed by atoms with Gasteiger partial charge in [-0.05, 0) is 106 Å². The van der Waals surface area contributed by atoms with E-state index in [0.717, 1.165) is 64.5 Å². The highest BCUT2D eigenvalue weighted by atomic mass is 16.6. The van der Waals surface area contributed by atoms with Crippen molar-refractivity contribution in [2.75, 3.05) is 92.2 Å². The number of carboxylic acids is 1. The maximum absolute atomic E-state index is 12.0. The highest BCUT2D eigenvalue weighted by Crippen LogP contribution is 2.03. The van der Waals surface area contributed by atoms with Crippen LogP contribution in [0.3, 0.4) is 0 Å². The quantitative estimate of drug-likeness (QED) is 0.0395. The van der Waals surface area contributed by atoms with E-state index in [-0.39, 0.29) is 66.0 Å². The normalized spacial score (nSPS) is 13.6. The van der Waals surface area contributed by atoms with E-state index in [0.29, 0.717) is 124 Å². The number of nitrogens with two attached hydrogens (primary N) is 5. The van der Waals surface area contributed by atoms with Crippen LogP contribution in [0.1, 0.15) is 144 Å². The molecule has 0 saturated carbocycles. The average molecular weight is 957 g/mol. The second-order valence-electron chi connectivity index (χ2n) is 16.9. The average Bonchev–Trinajstić information content (AvgIpc) is 3.23. The maximum atomic E-state index is 12.0. The van der Waals surface area contributed by atoms with E-state index in [4.69, 9.17) is 62.2 Å². The lowest BCUT2D eigenvalue weighted by Gasteiger charge is -2.17. The molecule has 0 aliphatic carbocycles. The maximum Gasteiger partial charge on any atom is 0.303 e. The third-order valence-corrected chi connectivity index (χ3v) is 8.89. The van der Waals surface area contributed by atoms with Crippen LogP contribution < -0.4 is 44.6 Å². The van der Waals surface area contributed by atoms with Gasteiger partial charge in [0.25, 0.3) is 0 Å². The lowest BCUT2D eigenvalue weighted by atomic mass is 10.1. The van der Waals surface area contributed by atoms with Gasteiger partial charge >= 0.3 is 5.97 Å². The summed E-state index contributed by atoms with van der Waals surface area (Å²) in [4.78, 5) is 45.3. The Kier molecular flexibility index (Phi) is 56.6. The van der Waals surface area contributed by atoms with Crippen LogP contribution >= 0.6 is 0 Å². The van der Waals surface area contributed by atoms with E-state index in [9.17, 15) is 19.2 Å². The number of carbonyl (C=O) groups is 4. The number of unbranched alkanes of at least 4 members (excludes halogenated alkanes) is 8. The number of aliphatic carboxylic acids is 1. The molecular weight excluding hydrogens is 857 g/mol. The molecule has 6 atom stereocenters. The molecule has 0 saturated heterocycles.